The van der Waals surface area contributed by atoms with Gasteiger partial charge < -0.3 is 0 Å². The molecule has 0 aliphatic carbocycles. The molecule has 0 spiro atoms. The van der Waals surface area contributed by atoms with Crippen LogP contribution in [0.3, 0.4) is 0 Å². The number of hydrogen-bond donors (Lipinski definition) is 0. The lowest BCUT2D eigenvalue weighted by Crippen LogP contribution is -1.47. The molecule has 1 radical (unpaired) electrons. The summed E-state index contributed by atoms with van der Waals surface area (Å²) < 4.78 is 0. The van der Waals surface area contributed by atoms with Gasteiger partial charge in [-0.25, -0.2) is 0 Å². The number of rotatable bonds is 0. The average Bonchev–Trinajstić information content (AvgIpc) is 1.37. The molecule has 0 amide bonds. The maximum absolute atomic E-state index is 7.52. The molecule has 0 aromatic rings. The zero-order chi connectivity index (χ0) is 3.41. The Bertz CT molecular complexity index is 35.8. The third kappa shape index (κ3) is 1.84. The van der Waals surface area contributed by atoms with Crippen LogP contribution in [0.15, 0.2) is 0 Å². The van der Waals surface area contributed by atoms with Crippen LogP contribution in [-0.2, 0) is 0 Å². The molecule has 1 nitrogen and oxygen atoms in total. The number of nitriles is 1. The normalized spacial score (nSPS) is 5.00. The maximum atomic E-state index is 7.52. The summed E-state index contributed by atoms with van der Waals surface area (Å²) in [7, 11) is 0. The van der Waals surface area contributed by atoms with E-state index in [1.54, 1.807) is 6.07 Å². The zero-order valence-electron chi connectivity index (χ0n) is 2.06. The molecular formula is C2H2NS. The fourth-order valence-electron chi connectivity index (χ4n) is 0. The van der Waals surface area contributed by atoms with E-state index in [0.29, 0.717) is 0 Å². The second-order valence-corrected chi connectivity index (χ2v) is 0.591. The highest BCUT2D eigenvalue weighted by molar-refractivity contribution is 7.80. The predicted molar refractivity (Wildman–Crippen MR) is 18.1 cm³/mol. The van der Waals surface area contributed by atoms with Crippen LogP contribution >= 0.6 is 12.6 Å². The van der Waals surface area contributed by atoms with Gasteiger partial charge in [-0.1, -0.05) is 12.6 Å². The first-order valence-electron chi connectivity index (χ1n) is 0.866. The Morgan fingerprint density at radius 2 is 2.25 bits per heavy atom. The van der Waals surface area contributed by atoms with Crippen molar-refractivity contribution >= 4 is 12.6 Å². The summed E-state index contributed by atoms with van der Waals surface area (Å²) >= 11 is 4.19. The van der Waals surface area contributed by atoms with Gasteiger partial charge in [-0.3, -0.25) is 0 Å². The van der Waals surface area contributed by atoms with Gasteiger partial charge in [0.1, 0.15) is 0 Å². The molecule has 0 saturated heterocycles. The molecule has 4 heavy (non-hydrogen) atoms. The number of hydrogen-bond acceptors (Lipinski definition) is 1. The van der Waals surface area contributed by atoms with Gasteiger partial charge in [0.2, 0.25) is 0 Å². The third-order valence-electron chi connectivity index (χ3n) is 0.0645. The Morgan fingerprint density at radius 1 is 2.00 bits per heavy atom. The molecule has 0 aliphatic rings. The van der Waals surface area contributed by atoms with Crippen LogP contribution in [0.5, 0.6) is 0 Å². The molecule has 21 valence electrons. The minimum atomic E-state index is 0.208. The van der Waals surface area contributed by atoms with Gasteiger partial charge in [-0.05, 0) is 0 Å². The summed E-state index contributed by atoms with van der Waals surface area (Å²) in [5.74, 6) is 0.208. The minimum absolute atomic E-state index is 0.208. The van der Waals surface area contributed by atoms with Crippen LogP contribution in [0.2, 0.25) is 0 Å². The Kier molecular flexibility index (Phi) is 2.73. The molecule has 0 fully saturated rings. The molecule has 0 aromatic heterocycles. The van der Waals surface area contributed by atoms with E-state index in [0.717, 1.165) is 0 Å². The molecule has 0 unspecified atom stereocenters. The van der Waals surface area contributed by atoms with Crippen LogP contribution < -0.4 is 0 Å². The van der Waals surface area contributed by atoms with E-state index in [4.69, 9.17) is 5.26 Å². The largest absolute Gasteiger partial charge is 0.197 e. The van der Waals surface area contributed by atoms with Crippen molar-refractivity contribution in [2.45, 2.75) is 0 Å². The second kappa shape index (κ2) is 2.84. The average molecular weight is 72.1 g/mol. The highest BCUT2D eigenvalue weighted by atomic mass is 32.1. The molecule has 0 rings (SSSR count). The van der Waals surface area contributed by atoms with Crippen molar-refractivity contribution in [3.05, 3.63) is 0 Å². The van der Waals surface area contributed by atoms with Crippen molar-refractivity contribution < 1.29 is 0 Å². The summed E-state index contributed by atoms with van der Waals surface area (Å²) in [5.41, 5.74) is 0. The predicted octanol–water partition coefficient (Wildman–Crippen LogP) is 0.707. The SMILES string of the molecule is N#CC[S]. The standard InChI is InChI=1S/C2H2NS/c3-1-2-4/h2H2. The monoisotopic (exact) mass is 72.0 g/mol. The molecular weight excluding hydrogens is 70.1 g/mol. The van der Waals surface area contributed by atoms with E-state index in [1.165, 1.54) is 0 Å². The minimum Gasteiger partial charge on any atom is -0.197 e. The van der Waals surface area contributed by atoms with Gasteiger partial charge >= 0.3 is 0 Å². The molecule has 0 saturated carbocycles. The lowest BCUT2D eigenvalue weighted by Gasteiger charge is -1.44. The first kappa shape index (κ1) is 3.84. The fraction of sp³-hybridized carbons (Fsp3) is 0.500. The van der Waals surface area contributed by atoms with Crippen molar-refractivity contribution in [2.24, 2.45) is 0 Å². The lowest BCUT2D eigenvalue weighted by atomic mass is 10.9. The molecule has 0 heterocycles. The summed E-state index contributed by atoms with van der Waals surface area (Å²) in [4.78, 5) is 0. The first-order chi connectivity index (χ1) is 1.91. The van der Waals surface area contributed by atoms with Gasteiger partial charge in [0.05, 0.1) is 11.8 Å². The van der Waals surface area contributed by atoms with E-state index in [2.05, 4.69) is 12.6 Å². The van der Waals surface area contributed by atoms with E-state index in [9.17, 15) is 0 Å². The van der Waals surface area contributed by atoms with Crippen molar-refractivity contribution in [3.63, 3.8) is 0 Å². The summed E-state index contributed by atoms with van der Waals surface area (Å²) in [5, 5.41) is 7.52. The summed E-state index contributed by atoms with van der Waals surface area (Å²) in [6, 6.07) is 1.75. The van der Waals surface area contributed by atoms with Crippen LogP contribution in [0.25, 0.3) is 0 Å². The van der Waals surface area contributed by atoms with Crippen molar-refractivity contribution in [1.29, 1.82) is 5.26 Å². The van der Waals surface area contributed by atoms with Crippen LogP contribution in [0.4, 0.5) is 0 Å². The lowest BCUT2D eigenvalue weighted by molar-refractivity contribution is 1.50. The highest BCUT2D eigenvalue weighted by Gasteiger charge is 1.52. The molecule has 0 N–H and O–H groups in total. The van der Waals surface area contributed by atoms with E-state index >= 15 is 0 Å². The van der Waals surface area contributed by atoms with Crippen molar-refractivity contribution in [1.82, 2.24) is 0 Å². The van der Waals surface area contributed by atoms with E-state index in [-0.39, 0.29) is 5.75 Å². The number of nitrogens with zero attached hydrogens (tertiary/aromatic N) is 1. The van der Waals surface area contributed by atoms with Gasteiger partial charge in [-0.15, -0.1) is 0 Å². The van der Waals surface area contributed by atoms with Crippen molar-refractivity contribution in [2.75, 3.05) is 5.75 Å². The molecule has 2 heteroatoms. The van der Waals surface area contributed by atoms with Crippen molar-refractivity contribution in [3.8, 4) is 6.07 Å². The molecule has 0 bridgehead atoms. The molecule has 0 aromatic carbocycles. The van der Waals surface area contributed by atoms with Gasteiger partial charge in [0.15, 0.2) is 0 Å². The van der Waals surface area contributed by atoms with Crippen LogP contribution in [0.1, 0.15) is 0 Å². The molecule has 0 atom stereocenters. The highest BCUT2D eigenvalue weighted by Crippen LogP contribution is 1.59. The quantitative estimate of drug-likeness (QED) is 0.413. The topological polar surface area (TPSA) is 23.8 Å². The summed E-state index contributed by atoms with van der Waals surface area (Å²) in [6.45, 7) is 0. The van der Waals surface area contributed by atoms with E-state index in [1.807, 2.05) is 0 Å². The van der Waals surface area contributed by atoms with Crippen LogP contribution in [-0.4, -0.2) is 5.75 Å². The maximum Gasteiger partial charge on any atom is 0.0912 e. The molecule has 0 aliphatic heterocycles. The van der Waals surface area contributed by atoms with Gasteiger partial charge in [-0.2, -0.15) is 5.26 Å². The van der Waals surface area contributed by atoms with Crippen LogP contribution in [0, 0.1) is 11.3 Å². The second-order valence-electron chi connectivity index (χ2n) is 0.302. The fourth-order valence-corrected chi connectivity index (χ4v) is 0. The van der Waals surface area contributed by atoms with E-state index < -0.39 is 0 Å². The summed E-state index contributed by atoms with van der Waals surface area (Å²) in [6.07, 6.45) is 0. The smallest absolute Gasteiger partial charge is 0.0912 e. The Balaban J connectivity index is 2.43. The first-order valence-corrected chi connectivity index (χ1v) is 1.44. The Hall–Kier alpha value is -0.160. The third-order valence-corrected chi connectivity index (χ3v) is 0.194. The Morgan fingerprint density at radius 3 is 2.25 bits per heavy atom. The van der Waals surface area contributed by atoms with Gasteiger partial charge in [0, 0.05) is 0 Å². The zero-order valence-corrected chi connectivity index (χ0v) is 2.88. The van der Waals surface area contributed by atoms with Gasteiger partial charge in [0.25, 0.3) is 0 Å². The Labute approximate surface area is 30.7 Å².